The molecule has 0 radical (unpaired) electrons. The summed E-state index contributed by atoms with van der Waals surface area (Å²) < 4.78 is 31.1. The lowest BCUT2D eigenvalue weighted by Crippen LogP contribution is -2.12. The molecule has 17 heavy (non-hydrogen) atoms. The lowest BCUT2D eigenvalue weighted by Gasteiger charge is -2.07. The first-order chi connectivity index (χ1) is 7.93. The summed E-state index contributed by atoms with van der Waals surface area (Å²) in [7, 11) is 1.12. The smallest absolute Gasteiger partial charge is 0.378 e. The molecule has 0 bridgehead atoms. The van der Waals surface area contributed by atoms with E-state index in [1.165, 1.54) is 0 Å². The number of esters is 1. The number of hydrogen-bond donors (Lipinski definition) is 0. The molecule has 0 saturated heterocycles. The number of carbonyl (C=O) groups is 1. The van der Waals surface area contributed by atoms with Crippen LogP contribution in [0.15, 0.2) is 12.3 Å². The van der Waals surface area contributed by atoms with Gasteiger partial charge in [0.25, 0.3) is 11.6 Å². The molecule has 2 rings (SSSR count). The van der Waals surface area contributed by atoms with E-state index in [0.717, 1.165) is 19.4 Å². The fourth-order valence-electron chi connectivity index (χ4n) is 1.19. The largest absolute Gasteiger partial charge is 0.463 e. The zero-order chi connectivity index (χ0) is 12.6. The van der Waals surface area contributed by atoms with Gasteiger partial charge in [-0.2, -0.15) is 18.3 Å². The Morgan fingerprint density at radius 3 is 2.88 bits per heavy atom. The molecule has 0 saturated carbocycles. The first kappa shape index (κ1) is 11.6. The van der Waals surface area contributed by atoms with Gasteiger partial charge in [0, 0.05) is 6.20 Å². The van der Waals surface area contributed by atoms with Crippen LogP contribution in [0.1, 0.15) is 16.3 Å². The minimum absolute atomic E-state index is 0.164. The van der Waals surface area contributed by atoms with E-state index in [1.54, 1.807) is 0 Å². The van der Waals surface area contributed by atoms with E-state index >= 15 is 0 Å². The molecule has 0 amide bonds. The molecule has 90 valence electrons. The highest BCUT2D eigenvalue weighted by molar-refractivity contribution is 6.21. The Morgan fingerprint density at radius 1 is 1.59 bits per heavy atom. The average Bonchev–Trinajstić information content (AvgIpc) is 2.69. The highest BCUT2D eigenvalue weighted by atomic mass is 35.5. The van der Waals surface area contributed by atoms with Gasteiger partial charge in [0.2, 0.25) is 0 Å². The molecule has 9 heteroatoms. The summed E-state index contributed by atoms with van der Waals surface area (Å²) in [6.07, 6.45) is 1.09. The average molecular weight is 263 g/mol. The van der Waals surface area contributed by atoms with Crippen LogP contribution in [-0.4, -0.2) is 32.7 Å². The van der Waals surface area contributed by atoms with Gasteiger partial charge in [0.1, 0.15) is 5.69 Å². The number of rotatable bonds is 2. The van der Waals surface area contributed by atoms with Gasteiger partial charge in [-0.05, 0) is 17.7 Å². The summed E-state index contributed by atoms with van der Waals surface area (Å²) in [6.45, 7) is 0. The van der Waals surface area contributed by atoms with Crippen molar-refractivity contribution >= 4 is 23.3 Å². The second kappa shape index (κ2) is 3.88. The van der Waals surface area contributed by atoms with Crippen molar-refractivity contribution in [1.29, 1.82) is 0 Å². The molecule has 0 unspecified atom stereocenters. The lowest BCUT2D eigenvalue weighted by atomic mass is 10.4. The van der Waals surface area contributed by atoms with Crippen LogP contribution in [0.5, 0.6) is 0 Å². The fourth-order valence-corrected chi connectivity index (χ4v) is 1.33. The number of methoxy groups -OCH3 is 1. The van der Waals surface area contributed by atoms with Crippen LogP contribution in [0, 0.1) is 0 Å². The van der Waals surface area contributed by atoms with Crippen LogP contribution in [0.3, 0.4) is 0 Å². The summed E-state index contributed by atoms with van der Waals surface area (Å²) >= 11 is 4.89. The molecule has 0 aliphatic carbocycles. The third-order valence-corrected chi connectivity index (χ3v) is 2.09. The number of hydrogen-bond acceptors (Lipinski definition) is 5. The standard InChI is InChI=1S/C8H5ClF2N4O2/c1-17-6(16)5-13-7-12-3-2-4(8(9,10)11)15(7)14-5/h2-3H,1H3. The van der Waals surface area contributed by atoms with Crippen molar-refractivity contribution in [3.63, 3.8) is 0 Å². The van der Waals surface area contributed by atoms with E-state index in [4.69, 9.17) is 11.6 Å². The van der Waals surface area contributed by atoms with Gasteiger partial charge < -0.3 is 4.74 Å². The summed E-state index contributed by atoms with van der Waals surface area (Å²) in [5.74, 6) is -1.38. The number of carbonyl (C=O) groups excluding carboxylic acids is 1. The van der Waals surface area contributed by atoms with Crippen molar-refractivity contribution in [3.8, 4) is 0 Å². The molecule has 0 fully saturated rings. The Bertz CT molecular complexity index is 580. The molecule has 0 N–H and O–H groups in total. The van der Waals surface area contributed by atoms with Crippen LogP contribution < -0.4 is 0 Å². The van der Waals surface area contributed by atoms with Crippen molar-refractivity contribution in [2.45, 2.75) is 5.38 Å². The molecule has 2 aromatic heterocycles. The Balaban J connectivity index is 2.65. The van der Waals surface area contributed by atoms with Crippen molar-refractivity contribution in [3.05, 3.63) is 23.8 Å². The van der Waals surface area contributed by atoms with Crippen molar-refractivity contribution in [2.24, 2.45) is 0 Å². The molecule has 0 atom stereocenters. The van der Waals surface area contributed by atoms with Crippen LogP contribution >= 0.6 is 11.6 Å². The van der Waals surface area contributed by atoms with Gasteiger partial charge in [0.15, 0.2) is 0 Å². The number of aromatic nitrogens is 4. The third kappa shape index (κ3) is 2.03. The zero-order valence-corrected chi connectivity index (χ0v) is 9.15. The third-order valence-electron chi connectivity index (χ3n) is 1.90. The molecule has 2 aromatic rings. The summed E-state index contributed by atoms with van der Waals surface area (Å²) in [5.41, 5.74) is -0.633. The molecule has 0 spiro atoms. The van der Waals surface area contributed by atoms with Crippen LogP contribution in [0.25, 0.3) is 5.78 Å². The van der Waals surface area contributed by atoms with Gasteiger partial charge in [-0.1, -0.05) is 0 Å². The topological polar surface area (TPSA) is 69.4 Å². The van der Waals surface area contributed by atoms with E-state index in [9.17, 15) is 13.6 Å². The predicted molar refractivity (Wildman–Crippen MR) is 51.9 cm³/mol. The Labute approximate surface area is 98.2 Å². The minimum atomic E-state index is -3.64. The Kier molecular flexibility index (Phi) is 2.66. The Hall–Kier alpha value is -1.83. The molecule has 6 nitrogen and oxygen atoms in total. The van der Waals surface area contributed by atoms with Crippen molar-refractivity contribution < 1.29 is 18.3 Å². The maximum Gasteiger partial charge on any atom is 0.378 e. The first-order valence-corrected chi connectivity index (χ1v) is 4.68. The van der Waals surface area contributed by atoms with E-state index in [-0.39, 0.29) is 11.6 Å². The van der Waals surface area contributed by atoms with Crippen molar-refractivity contribution in [1.82, 2.24) is 19.6 Å². The van der Waals surface area contributed by atoms with Gasteiger partial charge in [-0.15, -0.1) is 5.10 Å². The molecule has 0 aromatic carbocycles. The Morgan fingerprint density at radius 2 is 2.29 bits per heavy atom. The van der Waals surface area contributed by atoms with Gasteiger partial charge in [-0.3, -0.25) is 0 Å². The highest BCUT2D eigenvalue weighted by Gasteiger charge is 2.32. The normalized spacial score (nSPS) is 11.8. The number of fused-ring (bicyclic) bond motifs is 1. The lowest BCUT2D eigenvalue weighted by molar-refractivity contribution is 0.0585. The second-order valence-corrected chi connectivity index (χ2v) is 3.44. The number of halogens is 3. The van der Waals surface area contributed by atoms with Crippen LogP contribution in [0.4, 0.5) is 8.78 Å². The van der Waals surface area contributed by atoms with E-state index in [2.05, 4.69) is 19.8 Å². The van der Waals surface area contributed by atoms with Crippen molar-refractivity contribution in [2.75, 3.05) is 7.11 Å². The molecular weight excluding hydrogens is 258 g/mol. The maximum atomic E-state index is 13.0. The summed E-state index contributed by atoms with van der Waals surface area (Å²) in [6, 6.07) is 0.982. The maximum absolute atomic E-state index is 13.0. The van der Waals surface area contributed by atoms with Gasteiger partial charge >= 0.3 is 11.4 Å². The van der Waals surface area contributed by atoms with Crippen LogP contribution in [-0.2, 0) is 10.1 Å². The molecular formula is C8H5ClF2N4O2. The molecule has 0 aliphatic rings. The SMILES string of the molecule is COC(=O)c1nc2nccc(C(F)(F)Cl)n2n1. The molecule has 0 aliphatic heterocycles. The minimum Gasteiger partial charge on any atom is -0.463 e. The van der Waals surface area contributed by atoms with Crippen LogP contribution in [0.2, 0.25) is 0 Å². The zero-order valence-electron chi connectivity index (χ0n) is 8.39. The second-order valence-electron chi connectivity index (χ2n) is 2.97. The predicted octanol–water partition coefficient (Wildman–Crippen LogP) is 1.20. The number of alkyl halides is 3. The summed E-state index contributed by atoms with van der Waals surface area (Å²) in [4.78, 5) is 18.4. The summed E-state index contributed by atoms with van der Waals surface area (Å²) in [5, 5.41) is -0.0827. The molecule has 2 heterocycles. The number of nitrogens with zero attached hydrogens (tertiary/aromatic N) is 4. The van der Waals surface area contributed by atoms with Gasteiger partial charge in [0.05, 0.1) is 7.11 Å². The van der Waals surface area contributed by atoms with E-state index < -0.39 is 17.0 Å². The highest BCUT2D eigenvalue weighted by Crippen LogP contribution is 2.31. The van der Waals surface area contributed by atoms with Gasteiger partial charge in [-0.25, -0.2) is 9.78 Å². The van der Waals surface area contributed by atoms with E-state index in [0.29, 0.717) is 4.52 Å². The quantitative estimate of drug-likeness (QED) is 0.601. The number of ether oxygens (including phenoxy) is 1. The van der Waals surface area contributed by atoms with E-state index in [1.807, 2.05) is 0 Å². The fraction of sp³-hybridized carbons (Fsp3) is 0.250. The first-order valence-electron chi connectivity index (χ1n) is 4.31. The monoisotopic (exact) mass is 262 g/mol.